The maximum atomic E-state index is 11.5. The largest absolute Gasteiger partial charge is 0.324 e. The summed E-state index contributed by atoms with van der Waals surface area (Å²) in [5, 5.41) is 18.8. The van der Waals surface area contributed by atoms with Crippen LogP contribution in [0.1, 0.15) is 23.0 Å². The van der Waals surface area contributed by atoms with Crippen LogP contribution >= 0.6 is 11.3 Å². The number of carbonyl (C=O) groups excluding carboxylic acids is 1. The van der Waals surface area contributed by atoms with Gasteiger partial charge in [0.1, 0.15) is 0 Å². The zero-order valence-corrected chi connectivity index (χ0v) is 8.78. The van der Waals surface area contributed by atoms with Crippen LogP contribution in [0, 0.1) is 27.4 Å². The van der Waals surface area contributed by atoms with Gasteiger partial charge in [0.15, 0.2) is 5.78 Å². The average molecular weight is 224 g/mol. The predicted octanol–water partition coefficient (Wildman–Crippen LogP) is 2.39. The van der Waals surface area contributed by atoms with Crippen LogP contribution in [0.5, 0.6) is 0 Å². The van der Waals surface area contributed by atoms with Crippen molar-refractivity contribution in [1.82, 2.24) is 0 Å². The number of thiophene rings is 1. The second-order valence-corrected chi connectivity index (χ2v) is 4.11. The third-order valence-electron chi connectivity index (χ3n) is 1.76. The second kappa shape index (κ2) is 4.66. The van der Waals surface area contributed by atoms with E-state index in [9.17, 15) is 14.9 Å². The highest BCUT2D eigenvalue weighted by Gasteiger charge is 2.16. The number of nitrogens with zero attached hydrogens (tertiary/aromatic N) is 2. The lowest BCUT2D eigenvalue weighted by Gasteiger charge is -1.97. The molecule has 0 aliphatic heterocycles. The molecule has 1 aromatic heterocycles. The Hall–Kier alpha value is -1.74. The molecule has 0 aliphatic rings. The Morgan fingerprint density at radius 2 is 2.40 bits per heavy atom. The van der Waals surface area contributed by atoms with Crippen LogP contribution in [0.3, 0.4) is 0 Å². The van der Waals surface area contributed by atoms with Crippen molar-refractivity contribution in [3.05, 3.63) is 27.1 Å². The van der Waals surface area contributed by atoms with E-state index < -0.39 is 4.92 Å². The minimum atomic E-state index is -0.533. The van der Waals surface area contributed by atoms with Crippen LogP contribution < -0.4 is 0 Å². The topological polar surface area (TPSA) is 84.0 Å². The van der Waals surface area contributed by atoms with E-state index in [-0.39, 0.29) is 23.1 Å². The molecule has 0 amide bonds. The highest BCUT2D eigenvalue weighted by atomic mass is 32.1. The van der Waals surface area contributed by atoms with Crippen molar-refractivity contribution in [2.24, 2.45) is 5.92 Å². The number of ketones is 1. The lowest BCUT2D eigenvalue weighted by atomic mass is 10.1. The summed E-state index contributed by atoms with van der Waals surface area (Å²) in [6.07, 6.45) is 0.105. The molecule has 1 aromatic rings. The first-order valence-electron chi connectivity index (χ1n) is 4.21. The van der Waals surface area contributed by atoms with Crippen LogP contribution in [-0.4, -0.2) is 10.7 Å². The smallest absolute Gasteiger partial charge is 0.293 e. The molecule has 0 saturated carbocycles. The monoisotopic (exact) mass is 224 g/mol. The van der Waals surface area contributed by atoms with E-state index in [1.165, 1.54) is 12.1 Å². The highest BCUT2D eigenvalue weighted by molar-refractivity contribution is 7.17. The molecule has 0 spiro atoms. The molecule has 0 N–H and O–H groups in total. The number of nitriles is 1. The third-order valence-corrected chi connectivity index (χ3v) is 2.84. The van der Waals surface area contributed by atoms with Crippen LogP contribution in [0.4, 0.5) is 5.00 Å². The Morgan fingerprint density at radius 1 is 1.73 bits per heavy atom. The second-order valence-electron chi connectivity index (χ2n) is 3.05. The molecule has 15 heavy (non-hydrogen) atoms. The number of rotatable bonds is 4. The van der Waals surface area contributed by atoms with Gasteiger partial charge in [-0.3, -0.25) is 14.9 Å². The lowest BCUT2D eigenvalue weighted by Crippen LogP contribution is -2.02. The van der Waals surface area contributed by atoms with Gasteiger partial charge in [0.25, 0.3) is 0 Å². The summed E-state index contributed by atoms with van der Waals surface area (Å²) in [7, 11) is 0. The fourth-order valence-corrected chi connectivity index (χ4v) is 1.77. The fourth-order valence-electron chi connectivity index (χ4n) is 1.000. The van der Waals surface area contributed by atoms with Gasteiger partial charge in [-0.25, -0.2) is 0 Å². The number of nitro groups is 1. The summed E-state index contributed by atoms with van der Waals surface area (Å²) in [5.74, 6) is -0.583. The van der Waals surface area contributed by atoms with E-state index in [0.717, 1.165) is 11.3 Å². The zero-order valence-electron chi connectivity index (χ0n) is 7.97. The van der Waals surface area contributed by atoms with E-state index in [2.05, 4.69) is 0 Å². The van der Waals surface area contributed by atoms with Crippen LogP contribution in [0.25, 0.3) is 0 Å². The van der Waals surface area contributed by atoms with Gasteiger partial charge in [-0.2, -0.15) is 5.26 Å². The molecule has 78 valence electrons. The Kier molecular flexibility index (Phi) is 3.52. The molecule has 1 rings (SSSR count). The molecule has 1 heterocycles. The van der Waals surface area contributed by atoms with Gasteiger partial charge in [-0.05, 0) is 13.0 Å². The predicted molar refractivity (Wildman–Crippen MR) is 54.7 cm³/mol. The quantitative estimate of drug-likeness (QED) is 0.446. The summed E-state index contributed by atoms with van der Waals surface area (Å²) < 4.78 is 0. The Morgan fingerprint density at radius 3 is 2.87 bits per heavy atom. The molecule has 1 unspecified atom stereocenters. The van der Waals surface area contributed by atoms with E-state index in [0.29, 0.717) is 4.88 Å². The van der Waals surface area contributed by atoms with Crippen molar-refractivity contribution >= 4 is 22.1 Å². The van der Waals surface area contributed by atoms with Gasteiger partial charge in [-0.15, -0.1) is 0 Å². The molecule has 0 fully saturated rings. The van der Waals surface area contributed by atoms with Crippen LogP contribution in [0.2, 0.25) is 0 Å². The van der Waals surface area contributed by atoms with Gasteiger partial charge in [0.2, 0.25) is 0 Å². The molecule has 6 heteroatoms. The molecule has 0 bridgehead atoms. The van der Waals surface area contributed by atoms with E-state index in [1.54, 1.807) is 6.92 Å². The van der Waals surface area contributed by atoms with Gasteiger partial charge in [0, 0.05) is 12.5 Å². The highest BCUT2D eigenvalue weighted by Crippen LogP contribution is 2.25. The molecular weight excluding hydrogens is 216 g/mol. The average Bonchev–Trinajstić information content (AvgIpc) is 2.66. The first-order valence-corrected chi connectivity index (χ1v) is 5.03. The first-order chi connectivity index (χ1) is 7.04. The fraction of sp³-hybridized carbons (Fsp3) is 0.333. The Bertz CT molecular complexity index is 433. The van der Waals surface area contributed by atoms with Crippen molar-refractivity contribution in [2.45, 2.75) is 13.3 Å². The minimum Gasteiger partial charge on any atom is -0.293 e. The van der Waals surface area contributed by atoms with Crippen LogP contribution in [-0.2, 0) is 0 Å². The van der Waals surface area contributed by atoms with Crippen molar-refractivity contribution < 1.29 is 9.72 Å². The van der Waals surface area contributed by atoms with Crippen molar-refractivity contribution in [2.75, 3.05) is 0 Å². The summed E-state index contributed by atoms with van der Waals surface area (Å²) in [6.45, 7) is 1.64. The SMILES string of the molecule is CC(C#N)CC(=O)c1ccc([N+](=O)[O-])s1. The molecule has 0 saturated heterocycles. The maximum Gasteiger partial charge on any atom is 0.324 e. The summed E-state index contributed by atoms with van der Waals surface area (Å²) in [6, 6.07) is 4.67. The number of Topliss-reactive ketones (excluding diaryl/α,β-unsaturated/α-hetero) is 1. The minimum absolute atomic E-state index is 0.0528. The number of hydrogen-bond donors (Lipinski definition) is 0. The summed E-state index contributed by atoms with van der Waals surface area (Å²) in [5.41, 5.74) is 0. The Labute approximate surface area is 90.1 Å². The molecular formula is C9H8N2O3S. The normalized spacial score (nSPS) is 11.7. The van der Waals surface area contributed by atoms with Gasteiger partial charge in [-0.1, -0.05) is 11.3 Å². The molecule has 0 aromatic carbocycles. The van der Waals surface area contributed by atoms with E-state index in [1.807, 2.05) is 6.07 Å². The first kappa shape index (κ1) is 11.3. The third kappa shape index (κ3) is 2.86. The maximum absolute atomic E-state index is 11.5. The van der Waals surface area contributed by atoms with Gasteiger partial charge < -0.3 is 0 Å². The molecule has 0 radical (unpaired) electrons. The lowest BCUT2D eigenvalue weighted by molar-refractivity contribution is -0.380. The summed E-state index contributed by atoms with van der Waals surface area (Å²) >= 11 is 0.844. The van der Waals surface area contributed by atoms with Gasteiger partial charge in [0.05, 0.1) is 21.8 Å². The van der Waals surface area contributed by atoms with Crippen LogP contribution in [0.15, 0.2) is 12.1 Å². The molecule has 5 nitrogen and oxygen atoms in total. The van der Waals surface area contributed by atoms with Crippen molar-refractivity contribution in [3.63, 3.8) is 0 Å². The van der Waals surface area contributed by atoms with E-state index >= 15 is 0 Å². The standard InChI is InChI=1S/C9H8N2O3S/c1-6(5-10)4-7(12)8-2-3-9(15-8)11(13)14/h2-3,6H,4H2,1H3. The van der Waals surface area contributed by atoms with E-state index in [4.69, 9.17) is 5.26 Å². The van der Waals surface area contributed by atoms with Gasteiger partial charge >= 0.3 is 5.00 Å². The number of carbonyl (C=O) groups is 1. The van der Waals surface area contributed by atoms with Crippen molar-refractivity contribution in [1.29, 1.82) is 5.26 Å². The molecule has 0 aliphatic carbocycles. The Balaban J connectivity index is 2.75. The molecule has 1 atom stereocenters. The zero-order chi connectivity index (χ0) is 11.4. The summed E-state index contributed by atoms with van der Waals surface area (Å²) in [4.78, 5) is 21.7. The number of hydrogen-bond acceptors (Lipinski definition) is 5. The van der Waals surface area contributed by atoms with Crippen molar-refractivity contribution in [3.8, 4) is 6.07 Å².